The highest BCUT2D eigenvalue weighted by atomic mass is 32.2. The monoisotopic (exact) mass is 445 g/mol. The number of hydrogen-bond donors (Lipinski definition) is 0. The molecule has 30 heavy (non-hydrogen) atoms. The molecule has 0 aliphatic heterocycles. The molecule has 0 spiro atoms. The summed E-state index contributed by atoms with van der Waals surface area (Å²) in [5.41, 5.74) is -2.40. The van der Waals surface area contributed by atoms with Crippen LogP contribution >= 0.6 is 0 Å². The molecule has 0 fully saturated rings. The van der Waals surface area contributed by atoms with Crippen LogP contribution in [-0.2, 0) is 26.5 Å². The SMILES string of the molecule is CCOC(=O)c1ccccc1OC(=O)C[S@@](=O)c1ccc(C(F)(F)F)cc1[N+](=O)[O-]. The molecule has 0 saturated carbocycles. The maximum Gasteiger partial charge on any atom is 0.416 e. The third-order valence-corrected chi connectivity index (χ3v) is 4.92. The van der Waals surface area contributed by atoms with Gasteiger partial charge in [0.15, 0.2) is 0 Å². The molecule has 0 unspecified atom stereocenters. The summed E-state index contributed by atoms with van der Waals surface area (Å²) in [7, 11) is -2.37. The van der Waals surface area contributed by atoms with Crippen LogP contribution in [0.25, 0.3) is 0 Å². The molecular formula is C18H14F3NO7S. The van der Waals surface area contributed by atoms with Gasteiger partial charge in [0.2, 0.25) is 0 Å². The van der Waals surface area contributed by atoms with Crippen molar-refractivity contribution in [2.24, 2.45) is 0 Å². The Morgan fingerprint density at radius 3 is 2.43 bits per heavy atom. The second-order valence-corrected chi connectivity index (χ2v) is 7.04. The number of carbonyl (C=O) groups is 2. The van der Waals surface area contributed by atoms with Crippen LogP contribution < -0.4 is 4.74 Å². The lowest BCUT2D eigenvalue weighted by Gasteiger charge is -2.10. The average Bonchev–Trinajstić information content (AvgIpc) is 2.67. The Labute approximate surface area is 170 Å². The summed E-state index contributed by atoms with van der Waals surface area (Å²) in [6.45, 7) is 1.65. The lowest BCUT2D eigenvalue weighted by molar-refractivity contribution is -0.388. The Hall–Kier alpha value is -3.28. The van der Waals surface area contributed by atoms with Gasteiger partial charge in [0.05, 0.1) is 27.9 Å². The zero-order valence-corrected chi connectivity index (χ0v) is 16.1. The van der Waals surface area contributed by atoms with Gasteiger partial charge in [0.25, 0.3) is 5.69 Å². The first-order chi connectivity index (χ1) is 14.0. The normalized spacial score (nSPS) is 12.1. The number of nitro benzene ring substituents is 1. The first kappa shape index (κ1) is 23.0. The largest absolute Gasteiger partial charge is 0.462 e. The van der Waals surface area contributed by atoms with Crippen LogP contribution in [0.15, 0.2) is 47.4 Å². The van der Waals surface area contributed by atoms with E-state index in [1.807, 2.05) is 0 Å². The van der Waals surface area contributed by atoms with Gasteiger partial charge in [0, 0.05) is 6.07 Å². The van der Waals surface area contributed by atoms with Crippen LogP contribution in [0.1, 0.15) is 22.8 Å². The highest BCUT2D eigenvalue weighted by molar-refractivity contribution is 7.85. The second kappa shape index (κ2) is 9.48. The number of alkyl halides is 3. The predicted octanol–water partition coefficient (Wildman–Crippen LogP) is 3.50. The molecule has 2 aromatic rings. The maximum atomic E-state index is 12.8. The number of nitrogens with zero attached hydrogens (tertiary/aromatic N) is 1. The van der Waals surface area contributed by atoms with E-state index in [1.54, 1.807) is 6.92 Å². The molecule has 0 aliphatic rings. The summed E-state index contributed by atoms with van der Waals surface area (Å²) >= 11 is 0. The van der Waals surface area contributed by atoms with Gasteiger partial charge in [-0.15, -0.1) is 0 Å². The molecule has 2 rings (SSSR count). The van der Waals surface area contributed by atoms with E-state index < -0.39 is 55.7 Å². The summed E-state index contributed by atoms with van der Waals surface area (Å²) in [4.78, 5) is 33.4. The van der Waals surface area contributed by atoms with Crippen molar-refractivity contribution >= 4 is 28.4 Å². The summed E-state index contributed by atoms with van der Waals surface area (Å²) in [6, 6.07) is 7.02. The van der Waals surface area contributed by atoms with Crippen LogP contribution in [0.2, 0.25) is 0 Å². The molecule has 160 valence electrons. The summed E-state index contributed by atoms with van der Waals surface area (Å²) < 4.78 is 60.5. The van der Waals surface area contributed by atoms with Crippen LogP contribution in [0, 0.1) is 10.1 Å². The first-order valence-corrected chi connectivity index (χ1v) is 9.57. The minimum Gasteiger partial charge on any atom is -0.462 e. The van der Waals surface area contributed by atoms with Gasteiger partial charge in [-0.3, -0.25) is 19.1 Å². The Morgan fingerprint density at radius 1 is 1.17 bits per heavy atom. The highest BCUT2D eigenvalue weighted by Gasteiger charge is 2.34. The van der Waals surface area contributed by atoms with E-state index in [9.17, 15) is 37.1 Å². The summed E-state index contributed by atoms with van der Waals surface area (Å²) in [5.74, 6) is -2.94. The number of carbonyl (C=O) groups excluding carboxylic acids is 2. The maximum absolute atomic E-state index is 12.8. The fraction of sp³-hybridized carbons (Fsp3) is 0.222. The zero-order valence-electron chi connectivity index (χ0n) is 15.3. The molecule has 0 N–H and O–H groups in total. The topological polar surface area (TPSA) is 113 Å². The molecule has 0 bridgehead atoms. The van der Waals surface area contributed by atoms with Crippen molar-refractivity contribution in [2.45, 2.75) is 18.0 Å². The molecule has 0 saturated heterocycles. The van der Waals surface area contributed by atoms with Gasteiger partial charge >= 0.3 is 18.1 Å². The molecule has 2 aromatic carbocycles. The van der Waals surface area contributed by atoms with E-state index in [0.29, 0.717) is 12.1 Å². The van der Waals surface area contributed by atoms with E-state index in [1.165, 1.54) is 24.3 Å². The molecule has 8 nitrogen and oxygen atoms in total. The molecule has 0 aromatic heterocycles. The third-order valence-electron chi connectivity index (χ3n) is 3.58. The smallest absolute Gasteiger partial charge is 0.416 e. The van der Waals surface area contributed by atoms with Gasteiger partial charge < -0.3 is 9.47 Å². The van der Waals surface area contributed by atoms with Crippen molar-refractivity contribution in [2.75, 3.05) is 12.4 Å². The standard InChI is InChI=1S/C18H14F3NO7S/c1-2-28-17(24)12-5-3-4-6-14(12)29-16(23)10-30(27)15-8-7-11(18(19,20)21)9-13(15)22(25)26/h3-9H,2,10H2,1H3/t30-/m1/s1. The number of halogens is 3. The molecule has 0 heterocycles. The number of esters is 2. The Balaban J connectivity index is 2.22. The average molecular weight is 445 g/mol. The van der Waals surface area contributed by atoms with E-state index >= 15 is 0 Å². The fourth-order valence-electron chi connectivity index (χ4n) is 2.30. The fourth-order valence-corrected chi connectivity index (χ4v) is 3.31. The molecule has 1 atom stereocenters. The Kier molecular flexibility index (Phi) is 7.27. The number of benzene rings is 2. The van der Waals surface area contributed by atoms with Crippen molar-refractivity contribution in [3.63, 3.8) is 0 Å². The van der Waals surface area contributed by atoms with Gasteiger partial charge in [-0.25, -0.2) is 4.79 Å². The second-order valence-electron chi connectivity index (χ2n) is 5.62. The van der Waals surface area contributed by atoms with Crippen LogP contribution in [-0.4, -0.2) is 33.4 Å². The van der Waals surface area contributed by atoms with Crippen LogP contribution in [0.3, 0.4) is 0 Å². The van der Waals surface area contributed by atoms with Gasteiger partial charge in [-0.2, -0.15) is 13.2 Å². The van der Waals surface area contributed by atoms with Crippen LogP contribution in [0.4, 0.5) is 18.9 Å². The van der Waals surface area contributed by atoms with E-state index in [2.05, 4.69) is 0 Å². The minimum absolute atomic E-state index is 0.0704. The van der Waals surface area contributed by atoms with E-state index in [4.69, 9.17) is 9.47 Å². The number of ether oxygens (including phenoxy) is 2. The highest BCUT2D eigenvalue weighted by Crippen LogP contribution is 2.34. The lowest BCUT2D eigenvalue weighted by atomic mass is 10.2. The van der Waals surface area contributed by atoms with Gasteiger partial charge in [0.1, 0.15) is 22.0 Å². The zero-order chi connectivity index (χ0) is 22.5. The van der Waals surface area contributed by atoms with Crippen LogP contribution in [0.5, 0.6) is 5.75 Å². The minimum atomic E-state index is -4.83. The third kappa shape index (κ3) is 5.63. The molecular weight excluding hydrogens is 431 g/mol. The van der Waals surface area contributed by atoms with Gasteiger partial charge in [-0.1, -0.05) is 12.1 Å². The van der Waals surface area contributed by atoms with E-state index in [0.717, 1.165) is 0 Å². The lowest BCUT2D eigenvalue weighted by Crippen LogP contribution is -2.19. The molecule has 0 aliphatic carbocycles. The number of rotatable bonds is 7. The number of hydrogen-bond acceptors (Lipinski definition) is 7. The van der Waals surface area contributed by atoms with Crippen molar-refractivity contribution in [3.05, 3.63) is 63.7 Å². The molecule has 0 amide bonds. The van der Waals surface area contributed by atoms with Crippen molar-refractivity contribution in [3.8, 4) is 5.75 Å². The number of nitro groups is 1. The quantitative estimate of drug-likeness (QED) is 0.277. The van der Waals surface area contributed by atoms with Crippen molar-refractivity contribution < 1.29 is 41.4 Å². The van der Waals surface area contributed by atoms with Crippen molar-refractivity contribution in [1.82, 2.24) is 0 Å². The van der Waals surface area contributed by atoms with Crippen molar-refractivity contribution in [1.29, 1.82) is 0 Å². The first-order valence-electron chi connectivity index (χ1n) is 8.25. The molecule has 0 radical (unpaired) electrons. The number of para-hydroxylation sites is 1. The predicted molar refractivity (Wildman–Crippen MR) is 97.4 cm³/mol. The van der Waals surface area contributed by atoms with E-state index in [-0.39, 0.29) is 24.0 Å². The summed E-state index contributed by atoms with van der Waals surface area (Å²) in [5, 5.41) is 11.1. The molecule has 12 heteroatoms. The summed E-state index contributed by atoms with van der Waals surface area (Å²) in [6.07, 6.45) is -4.83. The Morgan fingerprint density at radius 2 is 1.83 bits per heavy atom. The van der Waals surface area contributed by atoms with Gasteiger partial charge in [-0.05, 0) is 31.2 Å². The Bertz CT molecular complexity index is 1010.